The van der Waals surface area contributed by atoms with Gasteiger partial charge >= 0.3 is 6.18 Å². The van der Waals surface area contributed by atoms with Crippen LogP contribution in [0.1, 0.15) is 18.1 Å². The van der Waals surface area contributed by atoms with Gasteiger partial charge in [0.05, 0.1) is 12.6 Å². The largest absolute Gasteiger partial charge is 0.416 e. The maximum absolute atomic E-state index is 12.6. The Morgan fingerprint density at radius 1 is 0.926 bits per heavy atom. The van der Waals surface area contributed by atoms with Crippen LogP contribution in [0.3, 0.4) is 0 Å². The highest BCUT2D eigenvalue weighted by atomic mass is 19.4. The molecule has 2 rings (SSSR count). The van der Waals surface area contributed by atoms with E-state index in [0.717, 1.165) is 17.0 Å². The van der Waals surface area contributed by atoms with Crippen molar-refractivity contribution in [2.75, 3.05) is 24.2 Å². The van der Waals surface area contributed by atoms with Crippen molar-refractivity contribution in [1.29, 1.82) is 0 Å². The molecular formula is C19H21F3N3O2+. The smallest absolute Gasteiger partial charge is 0.326 e. The predicted molar refractivity (Wildman–Crippen MR) is 96.3 cm³/mol. The zero-order valence-corrected chi connectivity index (χ0v) is 15.0. The Bertz CT molecular complexity index is 787. The molecule has 0 saturated heterocycles. The molecule has 0 bridgehead atoms. The molecule has 2 amide bonds. The molecule has 0 aromatic heterocycles. The first kappa shape index (κ1) is 20.4. The topological polar surface area (TPSA) is 62.6 Å². The number of amides is 2. The van der Waals surface area contributed by atoms with Crippen molar-refractivity contribution in [2.45, 2.75) is 19.6 Å². The summed E-state index contributed by atoms with van der Waals surface area (Å²) in [5.74, 6) is -0.396. The maximum Gasteiger partial charge on any atom is 0.416 e. The summed E-state index contributed by atoms with van der Waals surface area (Å²) in [6.07, 6.45) is -4.35. The van der Waals surface area contributed by atoms with Crippen molar-refractivity contribution >= 4 is 23.2 Å². The van der Waals surface area contributed by atoms with E-state index in [2.05, 4.69) is 10.6 Å². The van der Waals surface area contributed by atoms with E-state index in [1.165, 1.54) is 19.1 Å². The second kappa shape index (κ2) is 8.68. The molecule has 144 valence electrons. The first-order chi connectivity index (χ1) is 12.6. The number of halogens is 3. The molecule has 1 atom stereocenters. The fraction of sp³-hybridized carbons (Fsp3) is 0.263. The van der Waals surface area contributed by atoms with Crippen LogP contribution < -0.4 is 15.5 Å². The Balaban J connectivity index is 1.85. The Labute approximate surface area is 155 Å². The number of carbonyl (C=O) groups excluding carboxylic acids is 2. The van der Waals surface area contributed by atoms with Crippen LogP contribution in [0, 0.1) is 0 Å². The molecule has 0 aliphatic carbocycles. The second-order valence-corrected chi connectivity index (χ2v) is 6.31. The molecule has 1 unspecified atom stereocenters. The van der Waals surface area contributed by atoms with Crippen molar-refractivity contribution in [1.82, 2.24) is 0 Å². The molecule has 2 aromatic carbocycles. The van der Waals surface area contributed by atoms with Gasteiger partial charge in [-0.25, -0.2) is 0 Å². The van der Waals surface area contributed by atoms with Gasteiger partial charge in [0.15, 0.2) is 6.54 Å². The van der Waals surface area contributed by atoms with Crippen LogP contribution in [-0.4, -0.2) is 25.4 Å². The van der Waals surface area contributed by atoms with Crippen LogP contribution in [0.15, 0.2) is 48.5 Å². The van der Waals surface area contributed by atoms with E-state index in [1.54, 1.807) is 31.3 Å². The molecule has 27 heavy (non-hydrogen) atoms. The summed E-state index contributed by atoms with van der Waals surface area (Å²) >= 11 is 0. The van der Waals surface area contributed by atoms with E-state index in [-0.39, 0.29) is 18.4 Å². The molecule has 3 N–H and O–H groups in total. The number of rotatable bonds is 6. The molecule has 0 fully saturated rings. The van der Waals surface area contributed by atoms with Gasteiger partial charge in [-0.15, -0.1) is 0 Å². The first-order valence-electron chi connectivity index (χ1n) is 8.28. The molecule has 0 spiro atoms. The summed E-state index contributed by atoms with van der Waals surface area (Å²) in [6.45, 7) is 1.99. The molecule has 5 nitrogen and oxygen atoms in total. The van der Waals surface area contributed by atoms with Crippen LogP contribution in [0.25, 0.3) is 0 Å². The Hall–Kier alpha value is -2.87. The summed E-state index contributed by atoms with van der Waals surface area (Å²) in [7, 11) is 1.79. The van der Waals surface area contributed by atoms with Gasteiger partial charge in [0.1, 0.15) is 6.54 Å². The normalized spacial score (nSPS) is 12.3. The highest BCUT2D eigenvalue weighted by Crippen LogP contribution is 2.28. The van der Waals surface area contributed by atoms with Crippen molar-refractivity contribution in [3.63, 3.8) is 0 Å². The van der Waals surface area contributed by atoms with Gasteiger partial charge in [-0.3, -0.25) is 9.59 Å². The van der Waals surface area contributed by atoms with Gasteiger partial charge < -0.3 is 15.5 Å². The van der Waals surface area contributed by atoms with Gasteiger partial charge in [0.2, 0.25) is 5.91 Å². The predicted octanol–water partition coefficient (Wildman–Crippen LogP) is 2.32. The average molecular weight is 380 g/mol. The van der Waals surface area contributed by atoms with Crippen LogP contribution in [0.4, 0.5) is 24.5 Å². The number of anilines is 2. The van der Waals surface area contributed by atoms with Crippen molar-refractivity contribution in [3.8, 4) is 0 Å². The van der Waals surface area contributed by atoms with E-state index in [4.69, 9.17) is 0 Å². The van der Waals surface area contributed by atoms with Gasteiger partial charge in [-0.05, 0) is 36.4 Å². The molecular weight excluding hydrogens is 359 g/mol. The number of hydrogen-bond donors (Lipinski definition) is 3. The number of alkyl halides is 3. The summed E-state index contributed by atoms with van der Waals surface area (Å²) in [5.41, 5.74) is 1.25. The third kappa shape index (κ3) is 6.74. The van der Waals surface area contributed by atoms with Crippen LogP contribution in [0.5, 0.6) is 0 Å². The minimum atomic E-state index is -4.35. The van der Waals surface area contributed by atoms with Crippen LogP contribution >= 0.6 is 0 Å². The number of carbonyl (C=O) groups is 2. The second-order valence-electron chi connectivity index (χ2n) is 6.31. The molecule has 0 aliphatic rings. The number of likely N-dealkylation sites (N-methyl/N-ethyl adjacent to an activating group) is 1. The molecule has 2 aromatic rings. The standard InChI is InChI=1S/C19H20F3N3O2/c1-13(26)23-16-7-9-17(10-8-16)24-18(27)12-25(2)11-14-3-5-15(6-4-14)19(20,21)22/h3-10H,11-12H2,1-2H3,(H,23,26)(H,24,27)/p+1. The number of hydrogen-bond acceptors (Lipinski definition) is 2. The Morgan fingerprint density at radius 2 is 1.44 bits per heavy atom. The minimum absolute atomic E-state index is 0.161. The van der Waals surface area contributed by atoms with E-state index in [0.29, 0.717) is 23.5 Å². The monoisotopic (exact) mass is 380 g/mol. The average Bonchev–Trinajstić information content (AvgIpc) is 2.55. The summed E-state index contributed by atoms with van der Waals surface area (Å²) in [6, 6.07) is 11.6. The van der Waals surface area contributed by atoms with Gasteiger partial charge in [-0.2, -0.15) is 13.2 Å². The van der Waals surface area contributed by atoms with Crippen molar-refractivity contribution < 1.29 is 27.7 Å². The molecule has 0 saturated carbocycles. The quantitative estimate of drug-likeness (QED) is 0.720. The highest BCUT2D eigenvalue weighted by molar-refractivity contribution is 5.92. The maximum atomic E-state index is 12.6. The lowest BCUT2D eigenvalue weighted by Gasteiger charge is -2.15. The van der Waals surface area contributed by atoms with E-state index in [1.807, 2.05) is 0 Å². The van der Waals surface area contributed by atoms with E-state index in [9.17, 15) is 22.8 Å². The lowest BCUT2D eigenvalue weighted by molar-refractivity contribution is -0.885. The van der Waals surface area contributed by atoms with Gasteiger partial charge in [0.25, 0.3) is 5.91 Å². The fourth-order valence-electron chi connectivity index (χ4n) is 2.54. The summed E-state index contributed by atoms with van der Waals surface area (Å²) in [5, 5.41) is 5.38. The lowest BCUT2D eigenvalue weighted by Crippen LogP contribution is -3.08. The summed E-state index contributed by atoms with van der Waals surface area (Å²) in [4.78, 5) is 23.9. The molecule has 0 aliphatic heterocycles. The number of quaternary nitrogens is 1. The van der Waals surface area contributed by atoms with E-state index >= 15 is 0 Å². The van der Waals surface area contributed by atoms with Crippen LogP contribution in [-0.2, 0) is 22.3 Å². The third-order valence-electron chi connectivity index (χ3n) is 3.74. The highest BCUT2D eigenvalue weighted by Gasteiger charge is 2.30. The van der Waals surface area contributed by atoms with Crippen molar-refractivity contribution in [2.24, 2.45) is 0 Å². The number of nitrogens with one attached hydrogen (secondary N) is 3. The van der Waals surface area contributed by atoms with E-state index < -0.39 is 11.7 Å². The zero-order valence-electron chi connectivity index (χ0n) is 15.0. The lowest BCUT2D eigenvalue weighted by atomic mass is 10.1. The van der Waals surface area contributed by atoms with Gasteiger partial charge in [-0.1, -0.05) is 12.1 Å². The SMILES string of the molecule is CC(=O)Nc1ccc(NC(=O)C[NH+](C)Cc2ccc(C(F)(F)F)cc2)cc1. The Morgan fingerprint density at radius 3 is 1.93 bits per heavy atom. The molecule has 0 heterocycles. The minimum Gasteiger partial charge on any atom is -0.326 e. The Kier molecular flexibility index (Phi) is 6.57. The fourth-order valence-corrected chi connectivity index (χ4v) is 2.54. The van der Waals surface area contributed by atoms with Crippen LogP contribution in [0.2, 0.25) is 0 Å². The zero-order chi connectivity index (χ0) is 20.0. The first-order valence-corrected chi connectivity index (χ1v) is 8.28. The van der Waals surface area contributed by atoms with Gasteiger partial charge in [0, 0.05) is 23.9 Å². The van der Waals surface area contributed by atoms with Crippen molar-refractivity contribution in [3.05, 3.63) is 59.7 Å². The number of benzene rings is 2. The summed E-state index contributed by atoms with van der Waals surface area (Å²) < 4.78 is 37.7. The molecule has 8 heteroatoms. The third-order valence-corrected chi connectivity index (χ3v) is 3.74. The molecule has 0 radical (unpaired) electrons.